The molecule has 1 heterocycles. The van der Waals surface area contributed by atoms with Crippen LogP contribution in [0.4, 0.5) is 0 Å². The molecule has 0 N–H and O–H groups in total. The lowest BCUT2D eigenvalue weighted by Gasteiger charge is -2.28. The Morgan fingerprint density at radius 1 is 1.14 bits per heavy atom. The number of hydrogen-bond donors (Lipinski definition) is 0. The molecule has 0 bridgehead atoms. The zero-order valence-electron chi connectivity index (χ0n) is 16.6. The molecule has 3 aromatic rings. The maximum atomic E-state index is 13.2. The Bertz CT molecular complexity index is 908. The number of nitrogens with zero attached hydrogens (tertiary/aromatic N) is 2. The molecule has 0 fully saturated rings. The van der Waals surface area contributed by atoms with Crippen molar-refractivity contribution in [3.63, 3.8) is 0 Å². The van der Waals surface area contributed by atoms with Crippen molar-refractivity contribution < 1.29 is 9.53 Å². The second-order valence-corrected chi connectivity index (χ2v) is 7.78. The Kier molecular flexibility index (Phi) is 6.82. The van der Waals surface area contributed by atoms with Gasteiger partial charge in [-0.25, -0.2) is 4.98 Å². The van der Waals surface area contributed by atoms with Gasteiger partial charge in [-0.1, -0.05) is 43.3 Å². The SMILES string of the molecule is CC[C@H](C)N(Cc1csc(COc2ccccc2)n1)C(=O)c1ccccc1C. The van der Waals surface area contributed by atoms with E-state index in [9.17, 15) is 4.79 Å². The predicted molar refractivity (Wildman–Crippen MR) is 114 cm³/mol. The number of aryl methyl sites for hydroxylation is 1. The summed E-state index contributed by atoms with van der Waals surface area (Å²) in [4.78, 5) is 19.8. The number of hydrogen-bond acceptors (Lipinski definition) is 4. The van der Waals surface area contributed by atoms with E-state index in [-0.39, 0.29) is 11.9 Å². The minimum absolute atomic E-state index is 0.0579. The van der Waals surface area contributed by atoms with Gasteiger partial charge >= 0.3 is 0 Å². The normalized spacial score (nSPS) is 11.8. The summed E-state index contributed by atoms with van der Waals surface area (Å²) in [6.07, 6.45) is 0.895. The molecule has 5 heteroatoms. The zero-order chi connectivity index (χ0) is 19.9. The van der Waals surface area contributed by atoms with Crippen molar-refractivity contribution in [2.75, 3.05) is 0 Å². The summed E-state index contributed by atoms with van der Waals surface area (Å²) in [5, 5.41) is 2.93. The van der Waals surface area contributed by atoms with E-state index in [2.05, 4.69) is 18.8 Å². The fourth-order valence-electron chi connectivity index (χ4n) is 2.94. The highest BCUT2D eigenvalue weighted by Gasteiger charge is 2.23. The van der Waals surface area contributed by atoms with Crippen molar-refractivity contribution in [1.29, 1.82) is 0 Å². The van der Waals surface area contributed by atoms with Crippen LogP contribution in [-0.2, 0) is 13.2 Å². The molecule has 2 aromatic carbocycles. The number of aromatic nitrogens is 1. The number of rotatable bonds is 8. The van der Waals surface area contributed by atoms with Gasteiger partial charge in [0.1, 0.15) is 17.4 Å². The minimum Gasteiger partial charge on any atom is -0.486 e. The summed E-state index contributed by atoms with van der Waals surface area (Å²) in [7, 11) is 0. The van der Waals surface area contributed by atoms with Gasteiger partial charge in [0.2, 0.25) is 0 Å². The van der Waals surface area contributed by atoms with Crippen molar-refractivity contribution in [3.05, 3.63) is 81.8 Å². The van der Waals surface area contributed by atoms with Crippen LogP contribution >= 0.6 is 11.3 Å². The molecule has 0 aliphatic carbocycles. The van der Waals surface area contributed by atoms with Crippen molar-refractivity contribution in [2.24, 2.45) is 0 Å². The number of carbonyl (C=O) groups is 1. The van der Waals surface area contributed by atoms with Gasteiger partial charge in [0.05, 0.1) is 12.2 Å². The molecule has 1 aromatic heterocycles. The van der Waals surface area contributed by atoms with Gasteiger partial charge in [0, 0.05) is 17.0 Å². The van der Waals surface area contributed by atoms with Crippen LogP contribution in [0.3, 0.4) is 0 Å². The number of amides is 1. The lowest BCUT2D eigenvalue weighted by atomic mass is 10.1. The minimum atomic E-state index is 0.0579. The van der Waals surface area contributed by atoms with Crippen LogP contribution in [0.1, 0.15) is 46.9 Å². The molecule has 28 heavy (non-hydrogen) atoms. The quantitative estimate of drug-likeness (QED) is 0.509. The molecule has 0 aliphatic rings. The van der Waals surface area contributed by atoms with E-state index in [4.69, 9.17) is 4.74 Å². The van der Waals surface area contributed by atoms with Crippen LogP contribution < -0.4 is 4.74 Å². The molecule has 0 unspecified atom stereocenters. The molecular formula is C23H26N2O2S. The van der Waals surface area contributed by atoms with E-state index in [1.54, 1.807) is 11.3 Å². The summed E-state index contributed by atoms with van der Waals surface area (Å²) < 4.78 is 5.78. The zero-order valence-corrected chi connectivity index (χ0v) is 17.4. The monoisotopic (exact) mass is 394 g/mol. The van der Waals surface area contributed by atoms with Gasteiger partial charge in [-0.15, -0.1) is 11.3 Å². The highest BCUT2D eigenvalue weighted by atomic mass is 32.1. The van der Waals surface area contributed by atoms with Gasteiger partial charge in [-0.3, -0.25) is 4.79 Å². The second-order valence-electron chi connectivity index (χ2n) is 6.84. The number of benzene rings is 2. The first-order chi connectivity index (χ1) is 13.6. The van der Waals surface area contributed by atoms with Crippen LogP contribution in [-0.4, -0.2) is 21.8 Å². The topological polar surface area (TPSA) is 42.4 Å². The summed E-state index contributed by atoms with van der Waals surface area (Å²) >= 11 is 1.57. The van der Waals surface area contributed by atoms with Gasteiger partial charge < -0.3 is 9.64 Å². The number of carbonyl (C=O) groups excluding carboxylic acids is 1. The van der Waals surface area contributed by atoms with Crippen molar-refractivity contribution in [3.8, 4) is 5.75 Å². The molecule has 0 spiro atoms. The number of ether oxygens (including phenoxy) is 1. The first kappa shape index (κ1) is 20.1. The summed E-state index contributed by atoms with van der Waals surface area (Å²) in [5.74, 6) is 0.887. The average molecular weight is 395 g/mol. The van der Waals surface area contributed by atoms with E-state index < -0.39 is 0 Å². The first-order valence-electron chi connectivity index (χ1n) is 9.56. The Hall–Kier alpha value is -2.66. The molecule has 3 rings (SSSR count). The van der Waals surface area contributed by atoms with Gasteiger partial charge in [0.15, 0.2) is 0 Å². The maximum Gasteiger partial charge on any atom is 0.254 e. The Balaban J connectivity index is 1.70. The molecule has 0 radical (unpaired) electrons. The van der Waals surface area contributed by atoms with Crippen LogP contribution in [0.5, 0.6) is 5.75 Å². The third-order valence-corrected chi connectivity index (χ3v) is 5.67. The highest BCUT2D eigenvalue weighted by molar-refractivity contribution is 7.09. The van der Waals surface area contributed by atoms with Crippen LogP contribution in [0, 0.1) is 6.92 Å². The molecule has 1 atom stereocenters. The Morgan fingerprint density at radius 3 is 2.57 bits per heavy atom. The molecule has 146 valence electrons. The van der Waals surface area contributed by atoms with E-state index in [1.807, 2.05) is 71.8 Å². The van der Waals surface area contributed by atoms with E-state index in [1.165, 1.54) is 0 Å². The largest absolute Gasteiger partial charge is 0.486 e. The van der Waals surface area contributed by atoms with E-state index in [0.717, 1.165) is 34.0 Å². The molecule has 0 saturated carbocycles. The first-order valence-corrected chi connectivity index (χ1v) is 10.4. The predicted octanol–water partition coefficient (Wildman–Crippen LogP) is 5.47. The van der Waals surface area contributed by atoms with Gasteiger partial charge in [0.25, 0.3) is 5.91 Å². The van der Waals surface area contributed by atoms with Crippen LogP contribution in [0.15, 0.2) is 60.0 Å². The molecule has 0 aliphatic heterocycles. The van der Waals surface area contributed by atoms with E-state index >= 15 is 0 Å². The Labute approximate surface area is 170 Å². The molecular weight excluding hydrogens is 368 g/mol. The second kappa shape index (κ2) is 9.51. The third-order valence-electron chi connectivity index (χ3n) is 4.80. The van der Waals surface area contributed by atoms with Crippen molar-refractivity contribution in [1.82, 2.24) is 9.88 Å². The fourth-order valence-corrected chi connectivity index (χ4v) is 3.64. The highest BCUT2D eigenvalue weighted by Crippen LogP contribution is 2.20. The average Bonchev–Trinajstić information content (AvgIpc) is 3.18. The summed E-state index contributed by atoms with van der Waals surface area (Å²) in [5.41, 5.74) is 2.65. The Morgan fingerprint density at radius 2 is 1.86 bits per heavy atom. The lowest BCUT2D eigenvalue weighted by molar-refractivity contribution is 0.0668. The smallest absolute Gasteiger partial charge is 0.254 e. The van der Waals surface area contributed by atoms with E-state index in [0.29, 0.717) is 13.2 Å². The van der Waals surface area contributed by atoms with Gasteiger partial charge in [-0.2, -0.15) is 0 Å². The lowest BCUT2D eigenvalue weighted by Crippen LogP contribution is -2.38. The maximum absolute atomic E-state index is 13.2. The standard InChI is InChI=1S/C23H26N2O2S/c1-4-18(3)25(23(26)21-13-9-8-10-17(21)2)14-19-16-28-22(24-19)15-27-20-11-6-5-7-12-20/h5-13,16,18H,4,14-15H2,1-3H3/t18-/m0/s1. The summed E-state index contributed by atoms with van der Waals surface area (Å²) in [6, 6.07) is 17.6. The molecule has 0 saturated heterocycles. The van der Waals surface area contributed by atoms with Crippen LogP contribution in [0.25, 0.3) is 0 Å². The number of thiazole rings is 1. The summed E-state index contributed by atoms with van der Waals surface area (Å²) in [6.45, 7) is 7.10. The van der Waals surface area contributed by atoms with Crippen molar-refractivity contribution >= 4 is 17.2 Å². The van der Waals surface area contributed by atoms with Gasteiger partial charge in [-0.05, 0) is 44.0 Å². The molecule has 1 amide bonds. The third kappa shape index (κ3) is 4.98. The number of para-hydroxylation sites is 1. The molecule has 4 nitrogen and oxygen atoms in total. The van der Waals surface area contributed by atoms with Crippen molar-refractivity contribution in [2.45, 2.75) is 46.4 Å². The van der Waals surface area contributed by atoms with Crippen LogP contribution in [0.2, 0.25) is 0 Å². The fraction of sp³-hybridized carbons (Fsp3) is 0.304.